The molecule has 268 valence electrons. The monoisotopic (exact) mass is 712 g/mol. The molecule has 7 nitrogen and oxygen atoms in total. The molecule has 5 heterocycles. The molecule has 1 aliphatic carbocycles. The predicted molar refractivity (Wildman–Crippen MR) is 206 cm³/mol. The lowest BCUT2D eigenvalue weighted by molar-refractivity contribution is -0.136. The van der Waals surface area contributed by atoms with E-state index in [1.54, 1.807) is 16.2 Å². The van der Waals surface area contributed by atoms with E-state index in [-0.39, 0.29) is 24.1 Å². The highest BCUT2D eigenvalue weighted by atomic mass is 32.1. The van der Waals surface area contributed by atoms with Crippen molar-refractivity contribution in [2.75, 3.05) is 37.6 Å². The van der Waals surface area contributed by atoms with Crippen LogP contribution < -0.4 is 10.2 Å². The first kappa shape index (κ1) is 33.6. The van der Waals surface area contributed by atoms with Gasteiger partial charge in [0.25, 0.3) is 5.91 Å². The number of piperidine rings is 3. The van der Waals surface area contributed by atoms with Gasteiger partial charge in [0, 0.05) is 47.4 Å². The third-order valence-electron chi connectivity index (χ3n) is 12.7. The SMILES string of the molecule is O=C1CCC(N2Cc3sc(C4CCN(CC5CCN(c6ccc(C7c8ccccc8CCC7c7ccccc7)cc6)CC5)CC4)cc3C2=O)C(=O)N1. The molecule has 0 bridgehead atoms. The van der Waals surface area contributed by atoms with Gasteiger partial charge >= 0.3 is 0 Å². The van der Waals surface area contributed by atoms with Gasteiger partial charge in [0.1, 0.15) is 6.04 Å². The normalized spacial score (nSPS) is 24.5. The Hall–Kier alpha value is -4.27. The Morgan fingerprint density at radius 3 is 2.23 bits per heavy atom. The first-order chi connectivity index (χ1) is 25.5. The van der Waals surface area contributed by atoms with Crippen LogP contribution >= 0.6 is 11.3 Å². The Morgan fingerprint density at radius 1 is 0.731 bits per heavy atom. The molecule has 3 unspecified atom stereocenters. The van der Waals surface area contributed by atoms with Crippen molar-refractivity contribution in [1.29, 1.82) is 0 Å². The minimum atomic E-state index is -0.540. The maximum absolute atomic E-state index is 13.2. The Bertz CT molecular complexity index is 1940. The number of likely N-dealkylation sites (tertiary alicyclic amines) is 1. The van der Waals surface area contributed by atoms with Crippen LogP contribution in [0.4, 0.5) is 5.69 Å². The summed E-state index contributed by atoms with van der Waals surface area (Å²) in [6.07, 6.45) is 7.76. The van der Waals surface area contributed by atoms with E-state index in [1.165, 1.54) is 58.6 Å². The lowest BCUT2D eigenvalue weighted by Crippen LogP contribution is -2.52. The number of hydrogen-bond donors (Lipinski definition) is 1. The smallest absolute Gasteiger partial charge is 0.256 e. The van der Waals surface area contributed by atoms with Gasteiger partial charge in [0.2, 0.25) is 11.8 Å². The van der Waals surface area contributed by atoms with E-state index < -0.39 is 6.04 Å². The average Bonchev–Trinajstić information content (AvgIpc) is 3.74. The molecule has 0 saturated carbocycles. The zero-order valence-corrected chi connectivity index (χ0v) is 30.7. The van der Waals surface area contributed by atoms with Gasteiger partial charge in [-0.1, -0.05) is 66.7 Å². The summed E-state index contributed by atoms with van der Waals surface area (Å²) in [7, 11) is 0. The number of imide groups is 1. The molecule has 0 spiro atoms. The summed E-state index contributed by atoms with van der Waals surface area (Å²) in [6, 6.07) is 31.3. The zero-order valence-electron chi connectivity index (χ0n) is 29.8. The summed E-state index contributed by atoms with van der Waals surface area (Å²) in [4.78, 5) is 46.5. The lowest BCUT2D eigenvalue weighted by Gasteiger charge is -2.38. The van der Waals surface area contributed by atoms with E-state index >= 15 is 0 Å². The maximum Gasteiger partial charge on any atom is 0.256 e. The highest BCUT2D eigenvalue weighted by Crippen LogP contribution is 2.47. The number of nitrogens with zero attached hydrogens (tertiary/aromatic N) is 3. The van der Waals surface area contributed by atoms with E-state index in [1.807, 2.05) is 0 Å². The Morgan fingerprint density at radius 2 is 1.48 bits per heavy atom. The largest absolute Gasteiger partial charge is 0.372 e. The van der Waals surface area contributed by atoms with Crippen LogP contribution in [0, 0.1) is 5.92 Å². The van der Waals surface area contributed by atoms with Crippen molar-refractivity contribution in [2.45, 2.75) is 81.7 Å². The van der Waals surface area contributed by atoms with Gasteiger partial charge in [-0.05, 0) is 116 Å². The van der Waals surface area contributed by atoms with Crippen LogP contribution in [0.3, 0.4) is 0 Å². The van der Waals surface area contributed by atoms with Gasteiger partial charge in [-0.3, -0.25) is 19.7 Å². The van der Waals surface area contributed by atoms with Crippen molar-refractivity contribution in [3.8, 4) is 0 Å². The maximum atomic E-state index is 13.2. The topological polar surface area (TPSA) is 73.0 Å². The number of thiophene rings is 1. The molecular formula is C44H48N4O3S. The number of amides is 3. The molecule has 4 aromatic rings. The number of carbonyl (C=O) groups excluding carboxylic acids is 3. The summed E-state index contributed by atoms with van der Waals surface area (Å²) in [6.45, 7) is 6.12. The van der Waals surface area contributed by atoms with E-state index in [2.05, 4.69) is 100 Å². The highest BCUT2D eigenvalue weighted by molar-refractivity contribution is 7.12. The summed E-state index contributed by atoms with van der Waals surface area (Å²) in [5, 5.41) is 2.40. The number of rotatable bonds is 7. The highest BCUT2D eigenvalue weighted by Gasteiger charge is 2.41. The number of nitrogens with one attached hydrogen (secondary N) is 1. The number of carbonyl (C=O) groups is 3. The molecule has 3 amide bonds. The van der Waals surface area contributed by atoms with Crippen molar-refractivity contribution in [3.63, 3.8) is 0 Å². The van der Waals surface area contributed by atoms with Crippen LogP contribution in [-0.4, -0.2) is 66.3 Å². The Balaban J connectivity index is 0.770. The minimum absolute atomic E-state index is 0.0570. The van der Waals surface area contributed by atoms with Crippen molar-refractivity contribution < 1.29 is 14.4 Å². The average molecular weight is 713 g/mol. The summed E-state index contributed by atoms with van der Waals surface area (Å²) < 4.78 is 0. The quantitative estimate of drug-likeness (QED) is 0.202. The first-order valence-corrected chi connectivity index (χ1v) is 20.3. The molecule has 3 atom stereocenters. The summed E-state index contributed by atoms with van der Waals surface area (Å²) >= 11 is 1.76. The van der Waals surface area contributed by atoms with Crippen LogP contribution in [-0.2, 0) is 22.6 Å². The predicted octanol–water partition coefficient (Wildman–Crippen LogP) is 7.47. The molecule has 3 aromatic carbocycles. The van der Waals surface area contributed by atoms with Gasteiger partial charge in [0.05, 0.1) is 12.1 Å². The van der Waals surface area contributed by atoms with Gasteiger partial charge in [-0.2, -0.15) is 0 Å². The third-order valence-corrected chi connectivity index (χ3v) is 14.0. The molecule has 3 fully saturated rings. The van der Waals surface area contributed by atoms with E-state index in [0.717, 1.165) is 61.8 Å². The fourth-order valence-corrected chi connectivity index (χ4v) is 11.1. The van der Waals surface area contributed by atoms with Crippen molar-refractivity contribution >= 4 is 34.7 Å². The van der Waals surface area contributed by atoms with Crippen LogP contribution in [0.5, 0.6) is 0 Å². The second kappa shape index (κ2) is 14.3. The molecule has 0 radical (unpaired) electrons. The van der Waals surface area contributed by atoms with Crippen molar-refractivity contribution in [2.24, 2.45) is 5.92 Å². The summed E-state index contributed by atoms with van der Waals surface area (Å²) in [5.74, 6) is 1.47. The third kappa shape index (κ3) is 6.49. The van der Waals surface area contributed by atoms with Crippen molar-refractivity contribution in [3.05, 3.63) is 123 Å². The standard InChI is InChI=1S/C44H48N4O3S/c49-41-17-16-38(43(50)45-41)48-28-40-37(44(48)51)26-39(52-40)32-20-22-46(23-21-32)27-29-18-24-47(25-19-29)34-13-10-33(11-14-34)42-35-9-5-4-8-31(35)12-15-36(42)30-6-2-1-3-7-30/h1-11,13-14,26,29,32,36,38,42H,12,15-25,27-28H2,(H,45,49,50). The molecule has 8 heteroatoms. The van der Waals surface area contributed by atoms with Gasteiger partial charge in [-0.25, -0.2) is 0 Å². The van der Waals surface area contributed by atoms with Crippen LogP contribution in [0.2, 0.25) is 0 Å². The molecule has 9 rings (SSSR count). The lowest BCUT2D eigenvalue weighted by atomic mass is 9.69. The van der Waals surface area contributed by atoms with Crippen molar-refractivity contribution in [1.82, 2.24) is 15.1 Å². The van der Waals surface area contributed by atoms with Crippen LogP contribution in [0.1, 0.15) is 105 Å². The molecule has 52 heavy (non-hydrogen) atoms. The number of hydrogen-bond acceptors (Lipinski definition) is 6. The molecule has 1 aromatic heterocycles. The molecule has 1 N–H and O–H groups in total. The number of aryl methyl sites for hydroxylation is 1. The molecule has 3 saturated heterocycles. The van der Waals surface area contributed by atoms with Gasteiger partial charge in [0.15, 0.2) is 0 Å². The van der Waals surface area contributed by atoms with Gasteiger partial charge < -0.3 is 14.7 Å². The fraction of sp³-hybridized carbons (Fsp3) is 0.432. The van der Waals surface area contributed by atoms with Gasteiger partial charge in [-0.15, -0.1) is 11.3 Å². The summed E-state index contributed by atoms with van der Waals surface area (Å²) in [5.41, 5.74) is 7.99. The minimum Gasteiger partial charge on any atom is -0.372 e. The van der Waals surface area contributed by atoms with E-state index in [0.29, 0.717) is 30.7 Å². The Labute approximate surface area is 311 Å². The first-order valence-electron chi connectivity index (χ1n) is 19.5. The second-order valence-electron chi connectivity index (χ2n) is 15.7. The van der Waals surface area contributed by atoms with E-state index in [9.17, 15) is 14.4 Å². The molecular weight excluding hydrogens is 665 g/mol. The Kier molecular flexibility index (Phi) is 9.21. The molecule has 4 aliphatic heterocycles. The zero-order chi connectivity index (χ0) is 35.2. The fourth-order valence-electron chi connectivity index (χ4n) is 9.82. The number of fused-ring (bicyclic) bond motifs is 2. The van der Waals surface area contributed by atoms with E-state index in [4.69, 9.17) is 0 Å². The van der Waals surface area contributed by atoms with Crippen LogP contribution in [0.15, 0.2) is 84.9 Å². The number of anilines is 1. The number of benzene rings is 3. The second-order valence-corrected chi connectivity index (χ2v) is 16.9. The van der Waals surface area contributed by atoms with Crippen LogP contribution in [0.25, 0.3) is 0 Å². The molecule has 5 aliphatic rings.